The normalized spacial score (nSPS) is 10.9. The Balaban J connectivity index is 1.75. The van der Waals surface area contributed by atoms with Crippen molar-refractivity contribution < 1.29 is 9.90 Å². The van der Waals surface area contributed by atoms with E-state index in [4.69, 9.17) is 5.11 Å². The van der Waals surface area contributed by atoms with Crippen LogP contribution in [0.15, 0.2) is 36.7 Å². The number of fused-ring (bicyclic) bond motifs is 1. The summed E-state index contributed by atoms with van der Waals surface area (Å²) in [5.74, 6) is 0.232. The fourth-order valence-electron chi connectivity index (χ4n) is 2.42. The lowest BCUT2D eigenvalue weighted by Crippen LogP contribution is -2.20. The number of nitrogens with one attached hydrogen (secondary N) is 1. The highest BCUT2D eigenvalue weighted by Gasteiger charge is 2.12. The zero-order valence-corrected chi connectivity index (χ0v) is 12.7. The summed E-state index contributed by atoms with van der Waals surface area (Å²) in [5.41, 5.74) is 2.44. The first-order chi connectivity index (χ1) is 11.2. The van der Waals surface area contributed by atoms with Gasteiger partial charge in [0, 0.05) is 24.4 Å². The molecule has 0 saturated heterocycles. The van der Waals surface area contributed by atoms with Crippen LogP contribution in [0.2, 0.25) is 0 Å². The Bertz CT molecular complexity index is 843. The van der Waals surface area contributed by atoms with E-state index in [1.54, 1.807) is 29.2 Å². The summed E-state index contributed by atoms with van der Waals surface area (Å²) < 4.78 is 1.58. The van der Waals surface area contributed by atoms with Crippen molar-refractivity contribution in [2.24, 2.45) is 0 Å². The van der Waals surface area contributed by atoms with E-state index >= 15 is 0 Å². The number of aryl methyl sites for hydroxylation is 1. The lowest BCUT2D eigenvalue weighted by molar-refractivity contribution is -0.116. The third-order valence-electron chi connectivity index (χ3n) is 3.48. The van der Waals surface area contributed by atoms with Crippen molar-refractivity contribution in [1.82, 2.24) is 19.7 Å². The van der Waals surface area contributed by atoms with Gasteiger partial charge in [-0.15, -0.1) is 0 Å². The summed E-state index contributed by atoms with van der Waals surface area (Å²) in [6, 6.07) is 7.33. The summed E-state index contributed by atoms with van der Waals surface area (Å²) in [5, 5.41) is 17.0. The van der Waals surface area contributed by atoms with Crippen molar-refractivity contribution in [2.45, 2.75) is 19.9 Å². The van der Waals surface area contributed by atoms with Gasteiger partial charge in [0.25, 0.3) is 0 Å². The van der Waals surface area contributed by atoms with E-state index in [1.807, 2.05) is 19.1 Å². The molecule has 0 saturated carbocycles. The van der Waals surface area contributed by atoms with Gasteiger partial charge in [-0.25, -0.2) is 14.6 Å². The third-order valence-corrected chi connectivity index (χ3v) is 3.48. The number of pyridine rings is 2. The number of carbonyl (C=O) groups is 1. The molecule has 118 valence electrons. The van der Waals surface area contributed by atoms with Crippen molar-refractivity contribution in [3.63, 3.8) is 0 Å². The van der Waals surface area contributed by atoms with Crippen molar-refractivity contribution >= 4 is 22.8 Å². The molecule has 7 nitrogen and oxygen atoms in total. The molecule has 0 spiro atoms. The highest BCUT2D eigenvalue weighted by molar-refractivity contribution is 5.90. The van der Waals surface area contributed by atoms with Gasteiger partial charge < -0.3 is 10.4 Å². The summed E-state index contributed by atoms with van der Waals surface area (Å²) in [7, 11) is 0. The Labute approximate surface area is 133 Å². The highest BCUT2D eigenvalue weighted by atomic mass is 16.3. The zero-order valence-electron chi connectivity index (χ0n) is 12.7. The van der Waals surface area contributed by atoms with E-state index in [1.165, 1.54) is 0 Å². The molecule has 23 heavy (non-hydrogen) atoms. The van der Waals surface area contributed by atoms with E-state index in [-0.39, 0.29) is 19.1 Å². The number of aliphatic hydroxyl groups excluding tert-OH is 1. The average Bonchev–Trinajstić information content (AvgIpc) is 2.85. The number of aliphatic hydroxyl groups is 1. The fourth-order valence-corrected chi connectivity index (χ4v) is 2.42. The van der Waals surface area contributed by atoms with Gasteiger partial charge in [-0.05, 0) is 43.2 Å². The predicted molar refractivity (Wildman–Crippen MR) is 85.9 cm³/mol. The van der Waals surface area contributed by atoms with Gasteiger partial charge in [0.2, 0.25) is 5.91 Å². The van der Waals surface area contributed by atoms with Gasteiger partial charge >= 0.3 is 0 Å². The highest BCUT2D eigenvalue weighted by Crippen LogP contribution is 2.15. The van der Waals surface area contributed by atoms with Crippen LogP contribution in [0, 0.1) is 6.92 Å². The third kappa shape index (κ3) is 3.35. The molecule has 0 aliphatic heterocycles. The van der Waals surface area contributed by atoms with Crippen LogP contribution in [0.25, 0.3) is 11.0 Å². The summed E-state index contributed by atoms with van der Waals surface area (Å²) in [6.07, 6.45) is 3.81. The van der Waals surface area contributed by atoms with E-state index in [2.05, 4.69) is 20.4 Å². The minimum atomic E-state index is -0.228. The quantitative estimate of drug-likeness (QED) is 0.741. The maximum atomic E-state index is 12.2. The molecule has 0 unspecified atom stereocenters. The molecule has 3 heterocycles. The van der Waals surface area contributed by atoms with Crippen molar-refractivity contribution in [3.8, 4) is 0 Å². The van der Waals surface area contributed by atoms with Crippen molar-refractivity contribution in [3.05, 3.63) is 47.9 Å². The number of hydrogen-bond donors (Lipinski definition) is 2. The fraction of sp³-hybridized carbons (Fsp3) is 0.250. The Kier molecular flexibility index (Phi) is 4.29. The Morgan fingerprint density at radius 3 is 3.00 bits per heavy atom. The van der Waals surface area contributed by atoms with Crippen LogP contribution in [0.3, 0.4) is 0 Å². The number of carbonyl (C=O) groups excluding carboxylic acids is 1. The zero-order chi connectivity index (χ0) is 16.2. The number of aromatic nitrogens is 4. The van der Waals surface area contributed by atoms with Crippen LogP contribution >= 0.6 is 0 Å². The van der Waals surface area contributed by atoms with Gasteiger partial charge in [0.05, 0.1) is 5.69 Å². The summed E-state index contributed by atoms with van der Waals surface area (Å²) in [4.78, 5) is 20.6. The maximum absolute atomic E-state index is 12.2. The molecule has 7 heteroatoms. The molecular formula is C16H17N5O2. The van der Waals surface area contributed by atoms with Crippen LogP contribution < -0.4 is 5.32 Å². The lowest BCUT2D eigenvalue weighted by Gasteiger charge is -2.06. The second-order valence-electron chi connectivity index (χ2n) is 5.19. The van der Waals surface area contributed by atoms with Crippen LogP contribution in [0.1, 0.15) is 11.3 Å². The monoisotopic (exact) mass is 311 g/mol. The molecule has 0 atom stereocenters. The number of nitrogens with zero attached hydrogens (tertiary/aromatic N) is 4. The maximum Gasteiger partial charge on any atom is 0.247 e. The second-order valence-corrected chi connectivity index (χ2v) is 5.19. The summed E-state index contributed by atoms with van der Waals surface area (Å²) in [6.45, 7) is 2.01. The number of anilines is 1. The number of amides is 1. The van der Waals surface area contributed by atoms with Crippen LogP contribution in [-0.4, -0.2) is 37.4 Å². The van der Waals surface area contributed by atoms with Gasteiger partial charge in [-0.1, -0.05) is 0 Å². The molecule has 0 aliphatic rings. The number of rotatable bonds is 5. The number of hydrogen-bond acceptors (Lipinski definition) is 5. The standard InChI is InChI=1S/C16H17N5O2/c1-11-13-3-2-6-18-16(13)21(20-11)10-15(23)19-14-9-12(5-8-22)4-7-17-14/h2-4,6-7,9,22H,5,8,10H2,1H3,(H,17,19,23). The molecule has 0 bridgehead atoms. The average molecular weight is 311 g/mol. The molecule has 0 fully saturated rings. The second kappa shape index (κ2) is 6.53. The molecule has 0 radical (unpaired) electrons. The lowest BCUT2D eigenvalue weighted by atomic mass is 10.2. The topological polar surface area (TPSA) is 92.9 Å². The minimum Gasteiger partial charge on any atom is -0.396 e. The summed E-state index contributed by atoms with van der Waals surface area (Å²) >= 11 is 0. The molecule has 2 N–H and O–H groups in total. The Morgan fingerprint density at radius 1 is 1.30 bits per heavy atom. The first-order valence-electron chi connectivity index (χ1n) is 7.31. The molecule has 3 aromatic rings. The van der Waals surface area contributed by atoms with Crippen LogP contribution in [-0.2, 0) is 17.8 Å². The largest absolute Gasteiger partial charge is 0.396 e. The minimum absolute atomic E-state index is 0.0572. The van der Waals surface area contributed by atoms with Crippen molar-refractivity contribution in [1.29, 1.82) is 0 Å². The molecule has 0 aromatic carbocycles. The Morgan fingerprint density at radius 2 is 2.17 bits per heavy atom. The molecule has 3 rings (SSSR count). The molecule has 1 amide bonds. The van der Waals surface area contributed by atoms with E-state index in [0.717, 1.165) is 16.6 Å². The van der Waals surface area contributed by atoms with Crippen LogP contribution in [0.5, 0.6) is 0 Å². The van der Waals surface area contributed by atoms with Gasteiger partial charge in [0.15, 0.2) is 5.65 Å². The van der Waals surface area contributed by atoms with Gasteiger partial charge in [-0.3, -0.25) is 4.79 Å². The van der Waals surface area contributed by atoms with Crippen molar-refractivity contribution in [2.75, 3.05) is 11.9 Å². The first-order valence-corrected chi connectivity index (χ1v) is 7.31. The van der Waals surface area contributed by atoms with E-state index in [0.29, 0.717) is 17.9 Å². The smallest absolute Gasteiger partial charge is 0.247 e. The first kappa shape index (κ1) is 15.1. The Hall–Kier alpha value is -2.80. The molecular weight excluding hydrogens is 294 g/mol. The van der Waals surface area contributed by atoms with Crippen LogP contribution in [0.4, 0.5) is 5.82 Å². The van der Waals surface area contributed by atoms with E-state index < -0.39 is 0 Å². The SMILES string of the molecule is Cc1nn(CC(=O)Nc2cc(CCO)ccn2)c2ncccc12. The van der Waals surface area contributed by atoms with Gasteiger partial charge in [0.1, 0.15) is 12.4 Å². The van der Waals surface area contributed by atoms with E-state index in [9.17, 15) is 4.79 Å². The molecule has 3 aromatic heterocycles. The predicted octanol–water partition coefficient (Wildman–Crippen LogP) is 1.31. The molecule has 0 aliphatic carbocycles. The van der Waals surface area contributed by atoms with Gasteiger partial charge in [-0.2, -0.15) is 5.10 Å².